The van der Waals surface area contributed by atoms with Crippen LogP contribution in [-0.2, 0) is 11.3 Å². The van der Waals surface area contributed by atoms with Crippen LogP contribution in [0.4, 0.5) is 5.69 Å². The lowest BCUT2D eigenvalue weighted by Gasteiger charge is -2.30. The second-order valence-corrected chi connectivity index (χ2v) is 4.70. The molecule has 2 heterocycles. The average Bonchev–Trinajstić information content (AvgIpc) is 2.53. The highest BCUT2D eigenvalue weighted by molar-refractivity contribution is 5.55. The molecule has 0 saturated heterocycles. The monoisotopic (exact) mass is 270 g/mol. The van der Waals surface area contributed by atoms with E-state index in [4.69, 9.17) is 9.47 Å². The first-order valence-electron chi connectivity index (χ1n) is 6.88. The van der Waals surface area contributed by atoms with Crippen LogP contribution in [0.2, 0.25) is 0 Å². The molecule has 0 aliphatic carbocycles. The SMILES string of the molecule is c1ccc(COCCN2CCOc3ncccc32)cc1. The molecule has 0 unspecified atom stereocenters. The summed E-state index contributed by atoms with van der Waals surface area (Å²) in [5, 5.41) is 0. The van der Waals surface area contributed by atoms with Crippen molar-refractivity contribution in [3.05, 3.63) is 54.2 Å². The van der Waals surface area contributed by atoms with E-state index in [1.54, 1.807) is 6.20 Å². The number of ether oxygens (including phenoxy) is 2. The summed E-state index contributed by atoms with van der Waals surface area (Å²) >= 11 is 0. The quantitative estimate of drug-likeness (QED) is 0.782. The number of nitrogens with zero attached hydrogens (tertiary/aromatic N) is 2. The van der Waals surface area contributed by atoms with Crippen LogP contribution in [0.5, 0.6) is 5.88 Å². The molecule has 0 N–H and O–H groups in total. The third-order valence-corrected chi connectivity index (χ3v) is 3.31. The van der Waals surface area contributed by atoms with Crippen LogP contribution in [0.1, 0.15) is 5.56 Å². The summed E-state index contributed by atoms with van der Waals surface area (Å²) in [6.07, 6.45) is 1.76. The third-order valence-electron chi connectivity index (χ3n) is 3.31. The maximum Gasteiger partial charge on any atom is 0.237 e. The van der Waals surface area contributed by atoms with Crippen LogP contribution in [0.15, 0.2) is 48.7 Å². The van der Waals surface area contributed by atoms with Gasteiger partial charge in [0.05, 0.1) is 19.8 Å². The summed E-state index contributed by atoms with van der Waals surface area (Å²) in [7, 11) is 0. The zero-order chi connectivity index (χ0) is 13.6. The second kappa shape index (κ2) is 6.39. The second-order valence-electron chi connectivity index (χ2n) is 4.70. The van der Waals surface area contributed by atoms with Crippen molar-refractivity contribution in [3.8, 4) is 5.88 Å². The van der Waals surface area contributed by atoms with E-state index in [9.17, 15) is 0 Å². The van der Waals surface area contributed by atoms with Crippen LogP contribution in [0, 0.1) is 0 Å². The van der Waals surface area contributed by atoms with E-state index in [-0.39, 0.29) is 0 Å². The van der Waals surface area contributed by atoms with Gasteiger partial charge < -0.3 is 14.4 Å². The summed E-state index contributed by atoms with van der Waals surface area (Å²) in [6.45, 7) is 3.78. The molecule has 4 nitrogen and oxygen atoms in total. The number of hydrogen-bond donors (Lipinski definition) is 0. The van der Waals surface area contributed by atoms with Gasteiger partial charge >= 0.3 is 0 Å². The lowest BCUT2D eigenvalue weighted by molar-refractivity contribution is 0.125. The van der Waals surface area contributed by atoms with Crippen molar-refractivity contribution in [2.75, 3.05) is 31.2 Å². The minimum atomic E-state index is 0.658. The van der Waals surface area contributed by atoms with Gasteiger partial charge in [0.2, 0.25) is 5.88 Å². The number of anilines is 1. The van der Waals surface area contributed by atoms with Crippen LogP contribution >= 0.6 is 0 Å². The molecule has 1 aromatic carbocycles. The fourth-order valence-corrected chi connectivity index (χ4v) is 2.28. The molecule has 1 aliphatic rings. The van der Waals surface area contributed by atoms with Gasteiger partial charge in [-0.1, -0.05) is 30.3 Å². The molecule has 104 valence electrons. The maximum absolute atomic E-state index is 5.73. The highest BCUT2D eigenvalue weighted by Gasteiger charge is 2.17. The molecular weight excluding hydrogens is 252 g/mol. The average molecular weight is 270 g/mol. The molecule has 0 saturated carbocycles. The van der Waals surface area contributed by atoms with Gasteiger partial charge in [-0.25, -0.2) is 4.98 Å². The Labute approximate surface area is 119 Å². The number of pyridine rings is 1. The lowest BCUT2D eigenvalue weighted by atomic mass is 10.2. The van der Waals surface area contributed by atoms with Crippen LogP contribution in [0.3, 0.4) is 0 Å². The molecule has 0 amide bonds. The summed E-state index contributed by atoms with van der Waals surface area (Å²) in [5.41, 5.74) is 2.26. The number of aromatic nitrogens is 1. The van der Waals surface area contributed by atoms with E-state index in [0.717, 1.165) is 24.7 Å². The third kappa shape index (κ3) is 3.08. The van der Waals surface area contributed by atoms with Crippen LogP contribution < -0.4 is 9.64 Å². The molecular formula is C16H18N2O2. The van der Waals surface area contributed by atoms with Gasteiger partial charge in [0, 0.05) is 12.7 Å². The molecule has 3 rings (SSSR count). The Balaban J connectivity index is 1.50. The molecule has 0 atom stereocenters. The molecule has 4 heteroatoms. The zero-order valence-corrected chi connectivity index (χ0v) is 11.4. The van der Waals surface area contributed by atoms with E-state index in [1.807, 2.05) is 30.3 Å². The van der Waals surface area contributed by atoms with Gasteiger partial charge in [0.15, 0.2) is 0 Å². The van der Waals surface area contributed by atoms with Crippen molar-refractivity contribution < 1.29 is 9.47 Å². The molecule has 1 aromatic heterocycles. The first-order valence-corrected chi connectivity index (χ1v) is 6.88. The molecule has 0 spiro atoms. The normalized spacial score (nSPS) is 13.7. The molecule has 0 radical (unpaired) electrons. The highest BCUT2D eigenvalue weighted by Crippen LogP contribution is 2.27. The van der Waals surface area contributed by atoms with E-state index in [1.165, 1.54) is 5.56 Å². The summed E-state index contributed by atoms with van der Waals surface area (Å²) in [4.78, 5) is 6.50. The van der Waals surface area contributed by atoms with Crippen molar-refractivity contribution >= 4 is 5.69 Å². The Morgan fingerprint density at radius 1 is 1.15 bits per heavy atom. The summed E-state index contributed by atoms with van der Waals surface area (Å²) < 4.78 is 11.3. The van der Waals surface area contributed by atoms with Gasteiger partial charge in [-0.05, 0) is 17.7 Å². The Bertz CT molecular complexity index is 545. The van der Waals surface area contributed by atoms with Crippen molar-refractivity contribution in [2.24, 2.45) is 0 Å². The number of rotatable bonds is 5. The van der Waals surface area contributed by atoms with Crippen LogP contribution in [0.25, 0.3) is 0 Å². The fraction of sp³-hybridized carbons (Fsp3) is 0.312. The minimum Gasteiger partial charge on any atom is -0.474 e. The molecule has 0 fully saturated rings. The topological polar surface area (TPSA) is 34.6 Å². The predicted molar refractivity (Wildman–Crippen MR) is 78.0 cm³/mol. The van der Waals surface area contributed by atoms with Crippen LogP contribution in [-0.4, -0.2) is 31.3 Å². The highest BCUT2D eigenvalue weighted by atomic mass is 16.5. The van der Waals surface area contributed by atoms with Gasteiger partial charge in [0.25, 0.3) is 0 Å². The molecule has 20 heavy (non-hydrogen) atoms. The Morgan fingerprint density at radius 2 is 2.05 bits per heavy atom. The Hall–Kier alpha value is -2.07. The maximum atomic E-state index is 5.73. The van der Waals surface area contributed by atoms with Crippen molar-refractivity contribution in [1.82, 2.24) is 4.98 Å². The summed E-state index contributed by atoms with van der Waals surface area (Å²) in [6, 6.07) is 14.2. The Morgan fingerprint density at radius 3 is 2.95 bits per heavy atom. The van der Waals surface area contributed by atoms with E-state index in [0.29, 0.717) is 19.8 Å². The van der Waals surface area contributed by atoms with E-state index < -0.39 is 0 Å². The van der Waals surface area contributed by atoms with E-state index >= 15 is 0 Å². The minimum absolute atomic E-state index is 0.658. The lowest BCUT2D eigenvalue weighted by Crippen LogP contribution is -2.35. The first-order chi connectivity index (χ1) is 9.93. The van der Waals surface area contributed by atoms with Crippen molar-refractivity contribution in [2.45, 2.75) is 6.61 Å². The fourth-order valence-electron chi connectivity index (χ4n) is 2.28. The smallest absolute Gasteiger partial charge is 0.237 e. The Kier molecular flexibility index (Phi) is 4.13. The van der Waals surface area contributed by atoms with Crippen molar-refractivity contribution in [3.63, 3.8) is 0 Å². The standard InChI is InChI=1S/C16H18N2O2/c1-2-5-14(6-3-1)13-19-11-9-18-10-12-20-16-15(18)7-4-8-17-16/h1-8H,9-13H2. The number of fused-ring (bicyclic) bond motifs is 1. The molecule has 1 aliphatic heterocycles. The molecule has 2 aromatic rings. The number of hydrogen-bond acceptors (Lipinski definition) is 4. The number of benzene rings is 1. The van der Waals surface area contributed by atoms with Crippen molar-refractivity contribution in [1.29, 1.82) is 0 Å². The van der Waals surface area contributed by atoms with Gasteiger partial charge in [-0.15, -0.1) is 0 Å². The summed E-state index contributed by atoms with van der Waals surface area (Å²) in [5.74, 6) is 0.724. The largest absolute Gasteiger partial charge is 0.474 e. The predicted octanol–water partition coefficient (Wildman–Crippen LogP) is 2.50. The van der Waals surface area contributed by atoms with Gasteiger partial charge in [-0.3, -0.25) is 0 Å². The molecule has 0 bridgehead atoms. The zero-order valence-electron chi connectivity index (χ0n) is 11.4. The van der Waals surface area contributed by atoms with Gasteiger partial charge in [0.1, 0.15) is 12.3 Å². The first kappa shape index (κ1) is 12.9. The van der Waals surface area contributed by atoms with Gasteiger partial charge in [-0.2, -0.15) is 0 Å². The van der Waals surface area contributed by atoms with E-state index in [2.05, 4.69) is 22.0 Å².